The Labute approximate surface area is 199 Å². The first-order valence-electron chi connectivity index (χ1n) is 12.0. The zero-order chi connectivity index (χ0) is 23.8. The average molecular weight is 459 g/mol. The summed E-state index contributed by atoms with van der Waals surface area (Å²) in [6.45, 7) is 7.86. The molecule has 0 bridgehead atoms. The number of aryl methyl sites for hydroxylation is 3. The average Bonchev–Trinajstić information content (AvgIpc) is 3.48. The second-order valence-corrected chi connectivity index (χ2v) is 9.55. The summed E-state index contributed by atoms with van der Waals surface area (Å²) in [5, 5.41) is 4.23. The maximum absolute atomic E-state index is 13.2. The Balaban J connectivity index is 1.20. The number of carbonyl (C=O) groups is 2. The SMILES string of the molecule is Cc1ccc(N2CC(C(=O)N3CCC(c4noc(-c5ccccc5C)n4)CC3)CC2=O)cc1C. The van der Waals surface area contributed by atoms with Crippen molar-refractivity contribution in [3.8, 4) is 11.5 Å². The van der Waals surface area contributed by atoms with Crippen LogP contribution in [0.3, 0.4) is 0 Å². The van der Waals surface area contributed by atoms with Gasteiger partial charge in [-0.3, -0.25) is 9.59 Å². The largest absolute Gasteiger partial charge is 0.342 e. The fraction of sp³-hybridized carbons (Fsp3) is 0.407. The van der Waals surface area contributed by atoms with Gasteiger partial charge >= 0.3 is 0 Å². The first-order valence-corrected chi connectivity index (χ1v) is 12.0. The molecule has 34 heavy (non-hydrogen) atoms. The third-order valence-electron chi connectivity index (χ3n) is 7.27. The van der Waals surface area contributed by atoms with Gasteiger partial charge in [0.05, 0.1) is 5.92 Å². The van der Waals surface area contributed by atoms with E-state index < -0.39 is 0 Å². The predicted octanol–water partition coefficient (Wildman–Crippen LogP) is 4.42. The molecule has 0 aliphatic carbocycles. The summed E-state index contributed by atoms with van der Waals surface area (Å²) in [5.41, 5.74) is 5.27. The molecule has 2 fully saturated rings. The fourth-order valence-corrected chi connectivity index (χ4v) is 4.96. The molecule has 2 saturated heterocycles. The highest BCUT2D eigenvalue weighted by Crippen LogP contribution is 2.32. The number of hydrogen-bond donors (Lipinski definition) is 0. The van der Waals surface area contributed by atoms with Crippen LogP contribution in [0.15, 0.2) is 47.0 Å². The van der Waals surface area contributed by atoms with Gasteiger partial charge in [-0.15, -0.1) is 0 Å². The van der Waals surface area contributed by atoms with Gasteiger partial charge in [-0.2, -0.15) is 4.98 Å². The van der Waals surface area contributed by atoms with Gasteiger partial charge in [0.2, 0.25) is 11.8 Å². The minimum Gasteiger partial charge on any atom is -0.342 e. The van der Waals surface area contributed by atoms with Crippen LogP contribution in [0.2, 0.25) is 0 Å². The van der Waals surface area contributed by atoms with E-state index >= 15 is 0 Å². The number of anilines is 1. The van der Waals surface area contributed by atoms with E-state index in [9.17, 15) is 9.59 Å². The van der Waals surface area contributed by atoms with Crippen LogP contribution in [0.5, 0.6) is 0 Å². The van der Waals surface area contributed by atoms with Gasteiger partial charge in [0.15, 0.2) is 5.82 Å². The summed E-state index contributed by atoms with van der Waals surface area (Å²) in [6, 6.07) is 14.0. The number of likely N-dealkylation sites (tertiary alicyclic amines) is 1. The molecule has 3 aromatic rings. The van der Waals surface area contributed by atoms with Crippen molar-refractivity contribution in [2.24, 2.45) is 5.92 Å². The third kappa shape index (κ3) is 4.22. The third-order valence-corrected chi connectivity index (χ3v) is 7.27. The molecular formula is C27H30N4O3. The fourth-order valence-electron chi connectivity index (χ4n) is 4.96. The van der Waals surface area contributed by atoms with E-state index in [1.54, 1.807) is 4.90 Å². The van der Waals surface area contributed by atoms with Crippen LogP contribution >= 0.6 is 0 Å². The number of hydrogen-bond acceptors (Lipinski definition) is 5. The molecule has 1 atom stereocenters. The molecular weight excluding hydrogens is 428 g/mol. The predicted molar refractivity (Wildman–Crippen MR) is 129 cm³/mol. The lowest BCUT2D eigenvalue weighted by molar-refractivity contribution is -0.136. The Kier molecular flexibility index (Phi) is 5.94. The maximum Gasteiger partial charge on any atom is 0.258 e. The van der Waals surface area contributed by atoms with Crippen LogP contribution in [-0.2, 0) is 9.59 Å². The van der Waals surface area contributed by atoms with Gasteiger partial charge in [0.1, 0.15) is 0 Å². The van der Waals surface area contributed by atoms with Gasteiger partial charge in [-0.1, -0.05) is 29.4 Å². The molecule has 0 N–H and O–H groups in total. The molecule has 2 aromatic carbocycles. The maximum atomic E-state index is 13.2. The zero-order valence-corrected chi connectivity index (χ0v) is 20.0. The smallest absolute Gasteiger partial charge is 0.258 e. The van der Waals surface area contributed by atoms with E-state index in [2.05, 4.69) is 17.1 Å². The van der Waals surface area contributed by atoms with Crippen molar-refractivity contribution in [1.82, 2.24) is 15.0 Å². The first kappa shape index (κ1) is 22.3. The van der Waals surface area contributed by atoms with Gasteiger partial charge < -0.3 is 14.3 Å². The molecule has 5 rings (SSSR count). The van der Waals surface area contributed by atoms with Crippen molar-refractivity contribution in [2.45, 2.75) is 46.0 Å². The molecule has 0 saturated carbocycles. The molecule has 2 amide bonds. The number of aromatic nitrogens is 2. The van der Waals surface area contributed by atoms with Crippen molar-refractivity contribution >= 4 is 17.5 Å². The van der Waals surface area contributed by atoms with Gasteiger partial charge in [0.25, 0.3) is 5.89 Å². The van der Waals surface area contributed by atoms with Crippen molar-refractivity contribution in [2.75, 3.05) is 24.5 Å². The molecule has 176 valence electrons. The second kappa shape index (κ2) is 9.05. The van der Waals surface area contributed by atoms with E-state index in [0.29, 0.717) is 31.3 Å². The highest BCUT2D eigenvalue weighted by atomic mass is 16.5. The van der Waals surface area contributed by atoms with Gasteiger partial charge in [-0.05, 0) is 68.5 Å². The molecule has 2 aliphatic rings. The quantitative estimate of drug-likeness (QED) is 0.578. The van der Waals surface area contributed by atoms with E-state index in [4.69, 9.17) is 4.52 Å². The summed E-state index contributed by atoms with van der Waals surface area (Å²) in [6.07, 6.45) is 1.86. The van der Waals surface area contributed by atoms with E-state index in [1.807, 2.05) is 61.2 Å². The first-order chi connectivity index (χ1) is 16.4. The molecule has 2 aliphatic heterocycles. The summed E-state index contributed by atoms with van der Waals surface area (Å²) < 4.78 is 5.54. The van der Waals surface area contributed by atoms with Crippen LogP contribution in [0.25, 0.3) is 11.5 Å². The molecule has 3 heterocycles. The van der Waals surface area contributed by atoms with Crippen LogP contribution in [0.1, 0.15) is 47.7 Å². The van der Waals surface area contributed by atoms with Crippen LogP contribution < -0.4 is 4.90 Å². The molecule has 1 aromatic heterocycles. The molecule has 7 heteroatoms. The number of carbonyl (C=O) groups excluding carboxylic acids is 2. The highest BCUT2D eigenvalue weighted by molar-refractivity contribution is 6.00. The van der Waals surface area contributed by atoms with E-state index in [0.717, 1.165) is 35.2 Å². The summed E-state index contributed by atoms with van der Waals surface area (Å²) >= 11 is 0. The van der Waals surface area contributed by atoms with Crippen molar-refractivity contribution in [3.63, 3.8) is 0 Å². The Morgan fingerprint density at radius 2 is 1.76 bits per heavy atom. The minimum absolute atomic E-state index is 0.0204. The summed E-state index contributed by atoms with van der Waals surface area (Å²) in [5.74, 6) is 1.23. The lowest BCUT2D eigenvalue weighted by Crippen LogP contribution is -2.42. The molecule has 1 unspecified atom stereocenters. The molecule has 0 radical (unpaired) electrons. The standard InChI is InChI=1S/C27H30N4O3/c1-17-8-9-22(14-19(17)3)31-16-21(15-24(31)32)27(33)30-12-10-20(11-13-30)25-28-26(34-29-25)23-7-5-4-6-18(23)2/h4-9,14,20-21H,10-13,15-16H2,1-3H3. The van der Waals surface area contributed by atoms with Crippen molar-refractivity contribution in [1.29, 1.82) is 0 Å². The van der Waals surface area contributed by atoms with Crippen LogP contribution in [0, 0.1) is 26.7 Å². The number of benzene rings is 2. The Bertz CT molecular complexity index is 1230. The number of rotatable bonds is 4. The van der Waals surface area contributed by atoms with E-state index in [-0.39, 0.29) is 30.1 Å². The number of piperidine rings is 1. The van der Waals surface area contributed by atoms with Crippen LogP contribution in [-0.4, -0.2) is 46.5 Å². The van der Waals surface area contributed by atoms with Gasteiger partial charge in [-0.25, -0.2) is 0 Å². The minimum atomic E-state index is -0.288. The Hall–Kier alpha value is -3.48. The Morgan fingerprint density at radius 3 is 2.50 bits per heavy atom. The highest BCUT2D eigenvalue weighted by Gasteiger charge is 2.38. The number of nitrogens with zero attached hydrogens (tertiary/aromatic N) is 4. The normalized spacial score (nSPS) is 19.1. The monoisotopic (exact) mass is 458 g/mol. The van der Waals surface area contributed by atoms with Crippen molar-refractivity contribution in [3.05, 3.63) is 65.0 Å². The lowest BCUT2D eigenvalue weighted by atomic mass is 9.95. The summed E-state index contributed by atoms with van der Waals surface area (Å²) in [4.78, 5) is 34.2. The van der Waals surface area contributed by atoms with Gasteiger partial charge in [0, 0.05) is 43.2 Å². The van der Waals surface area contributed by atoms with E-state index in [1.165, 1.54) is 5.56 Å². The van der Waals surface area contributed by atoms with Crippen LogP contribution in [0.4, 0.5) is 5.69 Å². The summed E-state index contributed by atoms with van der Waals surface area (Å²) in [7, 11) is 0. The molecule has 0 spiro atoms. The topological polar surface area (TPSA) is 79.5 Å². The van der Waals surface area contributed by atoms with Crippen molar-refractivity contribution < 1.29 is 14.1 Å². The lowest BCUT2D eigenvalue weighted by Gasteiger charge is -2.32. The second-order valence-electron chi connectivity index (χ2n) is 9.55. The zero-order valence-electron chi connectivity index (χ0n) is 20.0. The number of amides is 2. The molecule has 7 nitrogen and oxygen atoms in total. The Morgan fingerprint density at radius 1 is 1.00 bits per heavy atom.